The fourth-order valence-electron chi connectivity index (χ4n) is 3.18. The second kappa shape index (κ2) is 9.37. The van der Waals surface area contributed by atoms with E-state index in [0.29, 0.717) is 17.8 Å². The molecular formula is C22H24F3N5O2. The first-order valence-electron chi connectivity index (χ1n) is 10.0. The van der Waals surface area contributed by atoms with Gasteiger partial charge in [0.2, 0.25) is 5.88 Å². The number of likely N-dealkylation sites (N-methyl/N-ethyl adjacent to an activating group) is 1. The van der Waals surface area contributed by atoms with Crippen molar-refractivity contribution >= 4 is 5.91 Å². The molecule has 32 heavy (non-hydrogen) atoms. The van der Waals surface area contributed by atoms with Crippen molar-refractivity contribution < 1.29 is 22.7 Å². The average Bonchev–Trinajstić information content (AvgIpc) is 3.18. The number of amides is 1. The number of rotatable bonds is 8. The number of carbonyl (C=O) groups is 1. The number of hydrogen-bond acceptors (Lipinski definition) is 5. The zero-order valence-electron chi connectivity index (χ0n) is 18.2. The molecule has 1 amide bonds. The molecule has 170 valence electrons. The van der Waals surface area contributed by atoms with Gasteiger partial charge in [0.25, 0.3) is 11.8 Å². The predicted molar refractivity (Wildman–Crippen MR) is 112 cm³/mol. The van der Waals surface area contributed by atoms with Gasteiger partial charge < -0.3 is 9.64 Å². The number of hydrogen-bond donors (Lipinski definition) is 0. The summed E-state index contributed by atoms with van der Waals surface area (Å²) in [6, 6.07) is 5.11. The molecule has 3 aromatic rings. The van der Waals surface area contributed by atoms with Crippen molar-refractivity contribution in [3.05, 3.63) is 59.9 Å². The molecule has 0 radical (unpaired) electrons. The van der Waals surface area contributed by atoms with Gasteiger partial charge in [-0.2, -0.15) is 5.10 Å². The van der Waals surface area contributed by atoms with Crippen molar-refractivity contribution in [1.82, 2.24) is 24.6 Å². The van der Waals surface area contributed by atoms with E-state index in [0.717, 1.165) is 19.3 Å². The summed E-state index contributed by atoms with van der Waals surface area (Å²) in [4.78, 5) is 22.7. The molecule has 7 nitrogen and oxygen atoms in total. The van der Waals surface area contributed by atoms with E-state index in [9.17, 15) is 18.0 Å². The Morgan fingerprint density at radius 2 is 2.00 bits per heavy atom. The van der Waals surface area contributed by atoms with Crippen molar-refractivity contribution in [3.63, 3.8) is 0 Å². The number of aromatic nitrogens is 4. The van der Waals surface area contributed by atoms with Crippen LogP contribution in [0, 0.1) is 5.82 Å². The SMILES string of the molecule is CCN(C(=O)c1ncc(F)cc1-c1ccn(C)n1)[C@@H](C)COc1ccc(C(C)(F)F)cn1. The number of alkyl halides is 2. The quantitative estimate of drug-likeness (QED) is 0.521. The topological polar surface area (TPSA) is 73.1 Å². The van der Waals surface area contributed by atoms with E-state index in [-0.39, 0.29) is 23.7 Å². The normalized spacial score (nSPS) is 12.5. The van der Waals surface area contributed by atoms with Crippen LogP contribution in [0.5, 0.6) is 5.88 Å². The molecule has 3 heterocycles. The summed E-state index contributed by atoms with van der Waals surface area (Å²) in [7, 11) is 1.72. The Bertz CT molecular complexity index is 1080. The van der Waals surface area contributed by atoms with Crippen molar-refractivity contribution in [2.45, 2.75) is 32.7 Å². The minimum atomic E-state index is -2.99. The van der Waals surface area contributed by atoms with Crippen LogP contribution < -0.4 is 4.74 Å². The highest BCUT2D eigenvalue weighted by Gasteiger charge is 2.27. The maximum atomic E-state index is 13.9. The highest BCUT2D eigenvalue weighted by atomic mass is 19.3. The highest BCUT2D eigenvalue weighted by Crippen LogP contribution is 2.27. The van der Waals surface area contributed by atoms with E-state index in [1.807, 2.05) is 0 Å². The number of pyridine rings is 2. The monoisotopic (exact) mass is 447 g/mol. The maximum absolute atomic E-state index is 13.9. The Morgan fingerprint density at radius 1 is 1.25 bits per heavy atom. The van der Waals surface area contributed by atoms with Crippen molar-refractivity contribution in [2.24, 2.45) is 7.05 Å². The molecule has 0 saturated heterocycles. The molecule has 0 saturated carbocycles. The minimum absolute atomic E-state index is 0.0754. The molecule has 0 aliphatic carbocycles. The Kier molecular flexibility index (Phi) is 6.81. The smallest absolute Gasteiger partial charge is 0.273 e. The fraction of sp³-hybridized carbons (Fsp3) is 0.364. The van der Waals surface area contributed by atoms with Crippen LogP contribution in [-0.4, -0.2) is 49.7 Å². The largest absolute Gasteiger partial charge is 0.475 e. The lowest BCUT2D eigenvalue weighted by Crippen LogP contribution is -2.42. The average molecular weight is 447 g/mol. The predicted octanol–water partition coefficient (Wildman–Crippen LogP) is 4.06. The van der Waals surface area contributed by atoms with E-state index < -0.39 is 23.7 Å². The number of ether oxygens (including phenoxy) is 1. The lowest BCUT2D eigenvalue weighted by Gasteiger charge is -2.28. The zero-order valence-corrected chi connectivity index (χ0v) is 18.2. The van der Waals surface area contributed by atoms with Crippen LogP contribution >= 0.6 is 0 Å². The Labute approximate surface area is 183 Å². The molecule has 10 heteroatoms. The van der Waals surface area contributed by atoms with Crippen molar-refractivity contribution in [3.8, 4) is 17.1 Å². The summed E-state index contributed by atoms with van der Waals surface area (Å²) < 4.78 is 47.7. The highest BCUT2D eigenvalue weighted by molar-refractivity contribution is 5.98. The van der Waals surface area contributed by atoms with Gasteiger partial charge in [0, 0.05) is 50.1 Å². The molecule has 1 atom stereocenters. The maximum Gasteiger partial charge on any atom is 0.273 e. The number of aryl methyl sites for hydroxylation is 1. The van der Waals surface area contributed by atoms with Gasteiger partial charge in [-0.3, -0.25) is 9.48 Å². The Balaban J connectivity index is 1.76. The summed E-state index contributed by atoms with van der Waals surface area (Å²) in [5.41, 5.74) is 0.582. The summed E-state index contributed by atoms with van der Waals surface area (Å²) in [6.45, 7) is 4.79. The van der Waals surface area contributed by atoms with E-state index in [4.69, 9.17) is 4.74 Å². The van der Waals surface area contributed by atoms with Gasteiger partial charge >= 0.3 is 0 Å². The number of halogens is 3. The fourth-order valence-corrected chi connectivity index (χ4v) is 3.18. The third-order valence-electron chi connectivity index (χ3n) is 4.90. The van der Waals surface area contributed by atoms with Gasteiger partial charge in [0.05, 0.1) is 17.9 Å². The van der Waals surface area contributed by atoms with Gasteiger partial charge in [-0.1, -0.05) is 0 Å². The van der Waals surface area contributed by atoms with Gasteiger partial charge in [-0.05, 0) is 32.0 Å². The standard InChI is InChI=1S/C22H24F3N5O2/c1-5-30(14(2)13-32-19-7-6-15(11-26-19)22(3,24)25)21(31)20-17(10-16(23)12-27-20)18-8-9-29(4)28-18/h6-12,14H,5,13H2,1-4H3/t14-/m0/s1. The third kappa shape index (κ3) is 5.24. The van der Waals surface area contributed by atoms with Crippen LogP contribution in [-0.2, 0) is 13.0 Å². The lowest BCUT2D eigenvalue weighted by molar-refractivity contribution is 0.0169. The summed E-state index contributed by atoms with van der Waals surface area (Å²) >= 11 is 0. The summed E-state index contributed by atoms with van der Waals surface area (Å²) in [6.07, 6.45) is 3.74. The molecule has 0 aromatic carbocycles. The second-order valence-corrected chi connectivity index (χ2v) is 7.45. The molecule has 3 rings (SSSR count). The lowest BCUT2D eigenvalue weighted by atomic mass is 10.1. The first-order chi connectivity index (χ1) is 15.1. The number of carbonyl (C=O) groups excluding carboxylic acids is 1. The summed E-state index contributed by atoms with van der Waals surface area (Å²) in [5.74, 6) is -3.80. The first kappa shape index (κ1) is 23.2. The van der Waals surface area contributed by atoms with E-state index in [2.05, 4.69) is 15.1 Å². The van der Waals surface area contributed by atoms with Crippen LogP contribution in [0.4, 0.5) is 13.2 Å². The van der Waals surface area contributed by atoms with Gasteiger partial charge in [0.15, 0.2) is 0 Å². The Hall–Kier alpha value is -3.43. The second-order valence-electron chi connectivity index (χ2n) is 7.45. The van der Waals surface area contributed by atoms with Crippen LogP contribution in [0.25, 0.3) is 11.3 Å². The van der Waals surface area contributed by atoms with E-state index in [1.165, 1.54) is 23.1 Å². The van der Waals surface area contributed by atoms with E-state index >= 15 is 0 Å². The molecule has 0 unspecified atom stereocenters. The molecule has 0 N–H and O–H groups in total. The van der Waals surface area contributed by atoms with Crippen molar-refractivity contribution in [2.75, 3.05) is 13.2 Å². The van der Waals surface area contributed by atoms with Crippen LogP contribution in [0.3, 0.4) is 0 Å². The molecule has 0 spiro atoms. The Morgan fingerprint density at radius 3 is 2.56 bits per heavy atom. The molecular weight excluding hydrogens is 423 g/mol. The molecule has 0 aliphatic heterocycles. The molecule has 0 fully saturated rings. The minimum Gasteiger partial charge on any atom is -0.475 e. The van der Waals surface area contributed by atoms with Crippen LogP contribution in [0.2, 0.25) is 0 Å². The zero-order chi connectivity index (χ0) is 23.5. The third-order valence-corrected chi connectivity index (χ3v) is 4.90. The van der Waals surface area contributed by atoms with Gasteiger partial charge in [-0.15, -0.1) is 0 Å². The first-order valence-corrected chi connectivity index (χ1v) is 10.0. The van der Waals surface area contributed by atoms with Crippen LogP contribution in [0.15, 0.2) is 42.9 Å². The van der Waals surface area contributed by atoms with Crippen LogP contribution in [0.1, 0.15) is 36.8 Å². The molecule has 3 aromatic heterocycles. The molecule has 0 bridgehead atoms. The summed E-state index contributed by atoms with van der Waals surface area (Å²) in [5, 5.41) is 4.25. The van der Waals surface area contributed by atoms with Gasteiger partial charge in [-0.25, -0.2) is 23.1 Å². The van der Waals surface area contributed by atoms with E-state index in [1.54, 1.807) is 37.8 Å². The number of nitrogens with zero attached hydrogens (tertiary/aromatic N) is 5. The molecule has 0 aliphatic rings. The van der Waals surface area contributed by atoms with Crippen molar-refractivity contribution in [1.29, 1.82) is 0 Å². The van der Waals surface area contributed by atoms with Gasteiger partial charge in [0.1, 0.15) is 18.1 Å².